The molecule has 3 nitrogen and oxygen atoms in total. The molecule has 2 heterocycles. The van der Waals surface area contributed by atoms with Gasteiger partial charge in [0.2, 0.25) is 0 Å². The predicted molar refractivity (Wildman–Crippen MR) is 82.4 cm³/mol. The summed E-state index contributed by atoms with van der Waals surface area (Å²) in [4.78, 5) is 3.82. The van der Waals surface area contributed by atoms with E-state index in [1.54, 1.807) is 23.6 Å². The third-order valence-electron chi connectivity index (χ3n) is 2.86. The highest BCUT2D eigenvalue weighted by atomic mass is 35.5. The van der Waals surface area contributed by atoms with Crippen LogP contribution in [0, 0.1) is 6.92 Å². The Bertz CT molecular complexity index is 763. The molecule has 0 aliphatic carbocycles. The Hall–Kier alpha value is -1.30. The summed E-state index contributed by atoms with van der Waals surface area (Å²) in [5.41, 5.74) is 2.90. The monoisotopic (exact) mass is 310 g/mol. The second-order valence-corrected chi connectivity index (χ2v) is 6.54. The molecular formula is C13H11ClN2OS2. The molecule has 0 bridgehead atoms. The van der Waals surface area contributed by atoms with Crippen LogP contribution in [0.25, 0.3) is 10.9 Å². The molecule has 0 fully saturated rings. The molecule has 0 radical (unpaired) electrons. The summed E-state index contributed by atoms with van der Waals surface area (Å²) in [6, 6.07) is 5.51. The first-order valence-corrected chi connectivity index (χ1v) is 8.10. The van der Waals surface area contributed by atoms with Crippen LogP contribution < -0.4 is 4.72 Å². The number of benzene rings is 1. The van der Waals surface area contributed by atoms with Crippen LogP contribution in [0.15, 0.2) is 40.1 Å². The van der Waals surface area contributed by atoms with Gasteiger partial charge in [0.1, 0.15) is 0 Å². The van der Waals surface area contributed by atoms with Gasteiger partial charge in [0.05, 0.1) is 10.6 Å². The van der Waals surface area contributed by atoms with Crippen LogP contribution >= 0.6 is 22.9 Å². The van der Waals surface area contributed by atoms with E-state index in [0.717, 1.165) is 27.0 Å². The van der Waals surface area contributed by atoms with Crippen molar-refractivity contribution in [3.63, 3.8) is 0 Å². The molecule has 6 heteroatoms. The number of anilines is 1. The van der Waals surface area contributed by atoms with Gasteiger partial charge in [0.15, 0.2) is 11.0 Å². The maximum absolute atomic E-state index is 12.4. The molecule has 0 saturated heterocycles. The van der Waals surface area contributed by atoms with Gasteiger partial charge < -0.3 is 4.98 Å². The highest BCUT2D eigenvalue weighted by Gasteiger charge is 2.12. The fraction of sp³-hybridized carbons (Fsp3) is 0.0769. The van der Waals surface area contributed by atoms with Crippen LogP contribution in [-0.2, 0) is 11.0 Å². The fourth-order valence-corrected chi connectivity index (χ4v) is 3.95. The Morgan fingerprint density at radius 2 is 2.21 bits per heavy atom. The van der Waals surface area contributed by atoms with Gasteiger partial charge in [-0.3, -0.25) is 4.72 Å². The van der Waals surface area contributed by atoms with E-state index in [9.17, 15) is 4.21 Å². The van der Waals surface area contributed by atoms with Gasteiger partial charge in [-0.2, -0.15) is 0 Å². The van der Waals surface area contributed by atoms with Crippen molar-refractivity contribution in [1.82, 2.24) is 4.98 Å². The number of rotatable bonds is 3. The molecule has 3 aromatic rings. The molecule has 2 N–H and O–H groups in total. The van der Waals surface area contributed by atoms with Crippen LogP contribution in [0.4, 0.5) is 5.69 Å². The summed E-state index contributed by atoms with van der Waals surface area (Å²) in [5, 5.41) is 5.56. The quantitative estimate of drug-likeness (QED) is 0.743. The van der Waals surface area contributed by atoms with Crippen molar-refractivity contribution in [2.24, 2.45) is 0 Å². The molecular weight excluding hydrogens is 300 g/mol. The molecule has 1 aromatic carbocycles. The lowest BCUT2D eigenvalue weighted by atomic mass is 10.2. The van der Waals surface area contributed by atoms with Crippen LogP contribution in [0.5, 0.6) is 0 Å². The number of aromatic nitrogens is 1. The molecule has 0 aliphatic heterocycles. The van der Waals surface area contributed by atoms with Crippen molar-refractivity contribution in [3.05, 3.63) is 45.7 Å². The standard InChI is InChI=1S/C13H11ClN2OS2/c1-8-6-18-7-12(8)16-19(17)13-5-15-11-4-9(14)2-3-10(11)13/h2-7,15-16H,1H3. The smallest absolute Gasteiger partial charge is 0.152 e. The predicted octanol–water partition coefficient (Wildman–Crippen LogP) is 4.33. The van der Waals surface area contributed by atoms with Crippen molar-refractivity contribution in [1.29, 1.82) is 0 Å². The molecule has 98 valence electrons. The van der Waals surface area contributed by atoms with Gasteiger partial charge in [0.25, 0.3) is 0 Å². The second kappa shape index (κ2) is 5.00. The largest absolute Gasteiger partial charge is 0.360 e. The van der Waals surface area contributed by atoms with E-state index < -0.39 is 11.0 Å². The van der Waals surface area contributed by atoms with Crippen LogP contribution in [0.3, 0.4) is 0 Å². The number of hydrogen-bond donors (Lipinski definition) is 2. The zero-order chi connectivity index (χ0) is 13.4. The average Bonchev–Trinajstić information content (AvgIpc) is 2.96. The lowest BCUT2D eigenvalue weighted by Gasteiger charge is -2.04. The Morgan fingerprint density at radius 3 is 2.95 bits per heavy atom. The van der Waals surface area contributed by atoms with Gasteiger partial charge in [-0.1, -0.05) is 17.7 Å². The zero-order valence-corrected chi connectivity index (χ0v) is 12.5. The molecule has 2 aromatic heterocycles. The number of hydrogen-bond acceptors (Lipinski definition) is 2. The van der Waals surface area contributed by atoms with Crippen LogP contribution in [-0.4, -0.2) is 9.19 Å². The Kier molecular flexibility index (Phi) is 3.35. The van der Waals surface area contributed by atoms with Crippen LogP contribution in [0.1, 0.15) is 5.56 Å². The second-order valence-electron chi connectivity index (χ2n) is 4.18. The van der Waals surface area contributed by atoms with E-state index in [1.165, 1.54) is 0 Å². The fourth-order valence-electron chi connectivity index (χ4n) is 1.85. The minimum Gasteiger partial charge on any atom is -0.360 e. The molecule has 0 saturated carbocycles. The summed E-state index contributed by atoms with van der Waals surface area (Å²) >= 11 is 7.52. The average molecular weight is 311 g/mol. The van der Waals surface area contributed by atoms with E-state index in [0.29, 0.717) is 5.02 Å². The van der Waals surface area contributed by atoms with E-state index in [4.69, 9.17) is 11.6 Å². The number of aromatic amines is 1. The topological polar surface area (TPSA) is 44.9 Å². The minimum absolute atomic E-state index is 0.660. The van der Waals surface area contributed by atoms with Gasteiger partial charge in [-0.15, -0.1) is 11.3 Å². The molecule has 3 rings (SSSR count). The summed E-state index contributed by atoms with van der Waals surface area (Å²) in [6.07, 6.45) is 1.76. The maximum Gasteiger partial charge on any atom is 0.152 e. The Morgan fingerprint density at radius 1 is 1.37 bits per heavy atom. The number of fused-ring (bicyclic) bond motifs is 1. The van der Waals surface area contributed by atoms with Crippen molar-refractivity contribution in [2.45, 2.75) is 11.8 Å². The first kappa shape index (κ1) is 12.7. The normalized spacial score (nSPS) is 12.7. The van der Waals surface area contributed by atoms with E-state index in [-0.39, 0.29) is 0 Å². The van der Waals surface area contributed by atoms with Crippen molar-refractivity contribution in [3.8, 4) is 0 Å². The Labute approximate surface area is 122 Å². The molecule has 0 aliphatic rings. The summed E-state index contributed by atoms with van der Waals surface area (Å²) in [7, 11) is -1.29. The number of halogens is 1. The zero-order valence-electron chi connectivity index (χ0n) is 10.1. The van der Waals surface area contributed by atoms with Crippen molar-refractivity contribution in [2.75, 3.05) is 4.72 Å². The highest BCUT2D eigenvalue weighted by molar-refractivity contribution is 7.86. The van der Waals surface area contributed by atoms with Crippen LogP contribution in [0.2, 0.25) is 5.02 Å². The van der Waals surface area contributed by atoms with Gasteiger partial charge in [0, 0.05) is 27.5 Å². The van der Waals surface area contributed by atoms with Crippen molar-refractivity contribution >= 4 is 50.5 Å². The minimum atomic E-state index is -1.29. The van der Waals surface area contributed by atoms with E-state index in [2.05, 4.69) is 9.71 Å². The first-order valence-electron chi connectivity index (χ1n) is 5.63. The van der Waals surface area contributed by atoms with Crippen molar-refractivity contribution < 1.29 is 4.21 Å². The third-order valence-corrected chi connectivity index (χ3v) is 5.10. The van der Waals surface area contributed by atoms with E-state index in [1.807, 2.05) is 29.8 Å². The molecule has 0 spiro atoms. The highest BCUT2D eigenvalue weighted by Crippen LogP contribution is 2.26. The number of nitrogens with one attached hydrogen (secondary N) is 2. The summed E-state index contributed by atoms with van der Waals surface area (Å²) < 4.78 is 15.4. The SMILES string of the molecule is Cc1cscc1NS(=O)c1c[nH]c2cc(Cl)ccc12. The maximum atomic E-state index is 12.4. The molecule has 1 atom stereocenters. The van der Waals surface area contributed by atoms with Gasteiger partial charge >= 0.3 is 0 Å². The molecule has 19 heavy (non-hydrogen) atoms. The summed E-state index contributed by atoms with van der Waals surface area (Å²) in [5.74, 6) is 0. The molecule has 0 amide bonds. The molecule has 1 unspecified atom stereocenters. The first-order chi connectivity index (χ1) is 9.15. The number of aryl methyl sites for hydroxylation is 1. The van der Waals surface area contributed by atoms with E-state index >= 15 is 0 Å². The van der Waals surface area contributed by atoms with Gasteiger partial charge in [-0.25, -0.2) is 4.21 Å². The number of thiophene rings is 1. The number of H-pyrrole nitrogens is 1. The van der Waals surface area contributed by atoms with Gasteiger partial charge in [-0.05, 0) is 30.0 Å². The third kappa shape index (κ3) is 2.41. The lowest BCUT2D eigenvalue weighted by Crippen LogP contribution is -2.04. The lowest BCUT2D eigenvalue weighted by molar-refractivity contribution is 0.687. The summed E-state index contributed by atoms with van der Waals surface area (Å²) in [6.45, 7) is 1.99. The Balaban J connectivity index is 1.96.